The van der Waals surface area contributed by atoms with Gasteiger partial charge < -0.3 is 19.3 Å². The van der Waals surface area contributed by atoms with Gasteiger partial charge in [-0.1, -0.05) is 36.4 Å². The number of ketones is 1. The van der Waals surface area contributed by atoms with E-state index >= 15 is 0 Å². The number of carbonyl (C=O) groups is 2. The molecule has 2 aliphatic rings. The Balaban J connectivity index is 1.78. The monoisotopic (exact) mass is 463 g/mol. The van der Waals surface area contributed by atoms with Gasteiger partial charge in [-0.25, -0.2) is 0 Å². The Hall–Kier alpha value is -3.45. The van der Waals surface area contributed by atoms with Crippen molar-refractivity contribution in [2.24, 2.45) is 10.9 Å². The lowest BCUT2D eigenvalue weighted by molar-refractivity contribution is -0.147. The van der Waals surface area contributed by atoms with Crippen LogP contribution in [0.3, 0.4) is 0 Å². The van der Waals surface area contributed by atoms with Gasteiger partial charge in [0.15, 0.2) is 17.3 Å². The lowest BCUT2D eigenvalue weighted by Crippen LogP contribution is -2.38. The number of aromatic hydroxyl groups is 1. The number of carbonyl (C=O) groups excluding carboxylic acids is 2. The zero-order chi connectivity index (χ0) is 24.2. The van der Waals surface area contributed by atoms with E-state index < -0.39 is 17.8 Å². The van der Waals surface area contributed by atoms with Gasteiger partial charge in [0.05, 0.1) is 13.7 Å². The molecule has 34 heavy (non-hydrogen) atoms. The predicted molar refractivity (Wildman–Crippen MR) is 127 cm³/mol. The van der Waals surface area contributed by atoms with Crippen LogP contribution in [0.2, 0.25) is 0 Å². The summed E-state index contributed by atoms with van der Waals surface area (Å²) in [6.45, 7) is 2.19. The lowest BCUT2D eigenvalue weighted by Gasteiger charge is -2.36. The highest BCUT2D eigenvalue weighted by molar-refractivity contribution is 6.09. The zero-order valence-corrected chi connectivity index (χ0v) is 19.6. The summed E-state index contributed by atoms with van der Waals surface area (Å²) in [6.07, 6.45) is 0.953. The molecule has 2 aromatic carbocycles. The maximum atomic E-state index is 13.6. The average Bonchev–Trinajstić information content (AvgIpc) is 2.84. The van der Waals surface area contributed by atoms with Gasteiger partial charge in [0.1, 0.15) is 12.5 Å². The standard InChI is InChI=1S/C27H29NO6/c1-16-24(27(31)34-12-11-32-2)25(18-9-10-21(29)23(15-18)33-3)26-20(28-16)13-19(14-22(26)30)17-7-5-4-6-8-17/h4-10,15,19,24-25,29H,11-14H2,1-3H3/t19-,24?,25-/m1/s1. The molecule has 1 heterocycles. The van der Waals surface area contributed by atoms with E-state index in [0.29, 0.717) is 35.4 Å². The third-order valence-corrected chi connectivity index (χ3v) is 6.51. The molecule has 1 N–H and O–H groups in total. The van der Waals surface area contributed by atoms with E-state index in [0.717, 1.165) is 5.56 Å². The summed E-state index contributed by atoms with van der Waals surface area (Å²) < 4.78 is 15.8. The molecule has 7 nitrogen and oxygen atoms in total. The van der Waals surface area contributed by atoms with Crippen molar-refractivity contribution in [3.05, 3.63) is 70.9 Å². The van der Waals surface area contributed by atoms with Crippen molar-refractivity contribution in [1.82, 2.24) is 0 Å². The van der Waals surface area contributed by atoms with E-state index in [-0.39, 0.29) is 36.4 Å². The van der Waals surface area contributed by atoms with Crippen LogP contribution < -0.4 is 4.74 Å². The number of ether oxygens (including phenoxy) is 3. The highest BCUT2D eigenvalue weighted by Gasteiger charge is 2.45. The first-order chi connectivity index (χ1) is 16.4. The smallest absolute Gasteiger partial charge is 0.315 e. The predicted octanol–water partition coefficient (Wildman–Crippen LogP) is 4.17. The van der Waals surface area contributed by atoms with Gasteiger partial charge in [0, 0.05) is 36.4 Å². The number of hydrogen-bond donors (Lipinski definition) is 1. The second-order valence-electron chi connectivity index (χ2n) is 8.60. The fraction of sp³-hybridized carbons (Fsp3) is 0.370. The van der Waals surface area contributed by atoms with Crippen LogP contribution in [-0.2, 0) is 19.1 Å². The first-order valence-corrected chi connectivity index (χ1v) is 11.3. The van der Waals surface area contributed by atoms with Gasteiger partial charge in [-0.05, 0) is 42.5 Å². The number of allylic oxidation sites excluding steroid dienone is 2. The summed E-state index contributed by atoms with van der Waals surface area (Å²) in [5.74, 6) is -1.54. The molecule has 0 saturated carbocycles. The number of Topliss-reactive ketones (excluding diaryl/α,β-unsaturated/α-hetero) is 1. The molecule has 0 amide bonds. The third-order valence-electron chi connectivity index (χ3n) is 6.51. The Morgan fingerprint density at radius 2 is 1.82 bits per heavy atom. The molecule has 0 saturated heterocycles. The van der Waals surface area contributed by atoms with Gasteiger partial charge in [-0.2, -0.15) is 0 Å². The maximum absolute atomic E-state index is 13.6. The van der Waals surface area contributed by atoms with E-state index in [1.54, 1.807) is 19.1 Å². The summed E-state index contributed by atoms with van der Waals surface area (Å²) in [6, 6.07) is 14.9. The molecule has 178 valence electrons. The van der Waals surface area contributed by atoms with Gasteiger partial charge in [-0.15, -0.1) is 0 Å². The summed E-state index contributed by atoms with van der Waals surface area (Å²) in [5.41, 5.74) is 3.63. The van der Waals surface area contributed by atoms with Gasteiger partial charge in [0.2, 0.25) is 0 Å². The fourth-order valence-corrected chi connectivity index (χ4v) is 4.89. The van der Waals surface area contributed by atoms with Crippen molar-refractivity contribution in [3.63, 3.8) is 0 Å². The molecule has 2 aromatic rings. The van der Waals surface area contributed by atoms with Crippen LogP contribution in [0.25, 0.3) is 0 Å². The van der Waals surface area contributed by atoms with Crippen LogP contribution in [0, 0.1) is 5.92 Å². The van der Waals surface area contributed by atoms with Crippen LogP contribution in [0.1, 0.15) is 42.7 Å². The maximum Gasteiger partial charge on any atom is 0.315 e. The molecule has 4 rings (SSSR count). The molecule has 1 aliphatic heterocycles. The molecule has 0 bridgehead atoms. The minimum atomic E-state index is -0.762. The molecule has 3 atom stereocenters. The molecule has 0 aromatic heterocycles. The fourth-order valence-electron chi connectivity index (χ4n) is 4.89. The van der Waals surface area contributed by atoms with Crippen molar-refractivity contribution in [2.75, 3.05) is 27.4 Å². The zero-order valence-electron chi connectivity index (χ0n) is 19.6. The normalized spacial score (nSPS) is 22.1. The highest BCUT2D eigenvalue weighted by Crippen LogP contribution is 2.47. The van der Waals surface area contributed by atoms with E-state index in [1.807, 2.05) is 30.3 Å². The van der Waals surface area contributed by atoms with E-state index in [1.165, 1.54) is 20.3 Å². The molecule has 0 spiro atoms. The molecule has 1 aliphatic carbocycles. The van der Waals surface area contributed by atoms with Crippen LogP contribution >= 0.6 is 0 Å². The van der Waals surface area contributed by atoms with Crippen molar-refractivity contribution in [1.29, 1.82) is 0 Å². The lowest BCUT2D eigenvalue weighted by atomic mass is 9.69. The van der Waals surface area contributed by atoms with Gasteiger partial charge in [0.25, 0.3) is 0 Å². The Bertz CT molecular complexity index is 1140. The number of rotatable bonds is 7. The first-order valence-electron chi connectivity index (χ1n) is 11.3. The van der Waals surface area contributed by atoms with Crippen LogP contribution in [0.4, 0.5) is 0 Å². The Labute approximate surface area is 199 Å². The van der Waals surface area contributed by atoms with Crippen molar-refractivity contribution < 1.29 is 28.9 Å². The second-order valence-corrected chi connectivity index (χ2v) is 8.60. The number of methoxy groups -OCH3 is 2. The molecular formula is C27H29NO6. The summed E-state index contributed by atoms with van der Waals surface area (Å²) in [5, 5.41) is 10.1. The SMILES string of the molecule is COCCOC(=O)C1C(C)=NC2=C(C(=O)C[C@H](c3ccccc3)C2)[C@@H]1c1ccc(O)c(OC)c1. The van der Waals surface area contributed by atoms with E-state index in [9.17, 15) is 14.7 Å². The summed E-state index contributed by atoms with van der Waals surface area (Å²) >= 11 is 0. The minimum Gasteiger partial charge on any atom is -0.504 e. The molecule has 7 heteroatoms. The number of nitrogens with zero attached hydrogens (tertiary/aromatic N) is 1. The van der Waals surface area contributed by atoms with Crippen molar-refractivity contribution in [2.45, 2.75) is 31.6 Å². The quantitative estimate of drug-likeness (QED) is 0.489. The Morgan fingerprint density at radius 1 is 1.06 bits per heavy atom. The Kier molecular flexibility index (Phi) is 7.12. The molecular weight excluding hydrogens is 434 g/mol. The van der Waals surface area contributed by atoms with Crippen molar-refractivity contribution >= 4 is 17.5 Å². The van der Waals surface area contributed by atoms with E-state index in [2.05, 4.69) is 0 Å². The van der Waals surface area contributed by atoms with E-state index in [4.69, 9.17) is 19.2 Å². The summed E-state index contributed by atoms with van der Waals surface area (Å²) in [4.78, 5) is 31.5. The highest BCUT2D eigenvalue weighted by atomic mass is 16.6. The number of hydrogen-bond acceptors (Lipinski definition) is 7. The minimum absolute atomic E-state index is 0.0139. The summed E-state index contributed by atoms with van der Waals surface area (Å²) in [7, 11) is 3.00. The number of esters is 1. The van der Waals surface area contributed by atoms with Crippen molar-refractivity contribution in [3.8, 4) is 11.5 Å². The van der Waals surface area contributed by atoms with Crippen LogP contribution in [0.5, 0.6) is 11.5 Å². The topological polar surface area (TPSA) is 94.4 Å². The van der Waals surface area contributed by atoms with Gasteiger partial charge in [-0.3, -0.25) is 14.6 Å². The van der Waals surface area contributed by atoms with Crippen LogP contribution in [0.15, 0.2) is 64.8 Å². The van der Waals surface area contributed by atoms with Crippen LogP contribution in [-0.4, -0.2) is 50.0 Å². The third kappa shape index (κ3) is 4.61. The number of aliphatic imine (C=N–C) groups is 1. The van der Waals surface area contributed by atoms with Gasteiger partial charge >= 0.3 is 5.97 Å². The number of benzene rings is 2. The number of phenolic OH excluding ortho intramolecular Hbond substituents is 1. The Morgan fingerprint density at radius 3 is 2.53 bits per heavy atom. The second kappa shape index (κ2) is 10.2. The molecule has 0 radical (unpaired) electrons. The number of phenols is 1. The molecule has 0 fully saturated rings. The largest absolute Gasteiger partial charge is 0.504 e. The molecule has 1 unspecified atom stereocenters. The first kappa shape index (κ1) is 23.7. The average molecular weight is 464 g/mol.